The van der Waals surface area contributed by atoms with Gasteiger partial charge in [0.1, 0.15) is 6.10 Å². The fourth-order valence-corrected chi connectivity index (χ4v) is 13.1. The molecular formula is C43H66O11. The average Bonchev–Trinajstić information content (AvgIpc) is 3.08. The molecular weight excluding hydrogens is 692 g/mol. The van der Waals surface area contributed by atoms with Gasteiger partial charge in [0, 0.05) is 26.2 Å². The van der Waals surface area contributed by atoms with E-state index in [0.29, 0.717) is 24.4 Å². The van der Waals surface area contributed by atoms with Gasteiger partial charge in [0.05, 0.1) is 19.8 Å². The second kappa shape index (κ2) is 14.2. The molecule has 0 spiro atoms. The molecule has 1 heterocycles. The van der Waals surface area contributed by atoms with Crippen LogP contribution < -0.4 is 0 Å². The third-order valence-corrected chi connectivity index (χ3v) is 16.3. The van der Waals surface area contributed by atoms with Crippen molar-refractivity contribution in [2.45, 2.75) is 170 Å². The van der Waals surface area contributed by atoms with Gasteiger partial charge >= 0.3 is 23.9 Å². The number of hydrogen-bond acceptors (Lipinski definition) is 11. The number of aliphatic hydroxyl groups excluding tert-OH is 1. The standard InChI is InChI=1S/C43H66O11/c1-24(44)50-23-39(6)18-19-40(7)20-21-42(9)27(28(40)22-39)12-13-30-41(8)16-15-31(38(4,5)29(41)14-17-43(30,42)10)53-37-32(47)33(51-25(2)45)34(52-26(3)46)35(54-37)36(48)49-11/h12,28-35,37,47H,13-23H2,1-11H3/t28-,29-,30+,31-,32+,33+,34-,35-,37+,39-,40+,41-,42+,43+/m0/s1. The van der Waals surface area contributed by atoms with Crippen molar-refractivity contribution in [3.05, 3.63) is 11.6 Å². The molecule has 11 heteroatoms. The predicted octanol–water partition coefficient (Wildman–Crippen LogP) is 6.86. The van der Waals surface area contributed by atoms with Gasteiger partial charge in [-0.25, -0.2) is 4.79 Å². The summed E-state index contributed by atoms with van der Waals surface area (Å²) in [7, 11) is 1.19. The number of ether oxygens (including phenoxy) is 6. The van der Waals surface area contributed by atoms with Crippen LogP contribution in [0.25, 0.3) is 0 Å². The molecule has 6 aliphatic rings. The van der Waals surface area contributed by atoms with Crippen LogP contribution in [0.1, 0.15) is 133 Å². The molecule has 0 aromatic rings. The summed E-state index contributed by atoms with van der Waals surface area (Å²) in [6, 6.07) is 0. The van der Waals surface area contributed by atoms with Gasteiger partial charge in [0.25, 0.3) is 0 Å². The zero-order valence-corrected chi connectivity index (χ0v) is 34.6. The highest BCUT2D eigenvalue weighted by Gasteiger charge is 2.68. The van der Waals surface area contributed by atoms with E-state index in [1.807, 2.05) is 0 Å². The minimum atomic E-state index is -1.52. The molecule has 0 radical (unpaired) electrons. The maximum atomic E-state index is 12.9. The SMILES string of the molecule is COC(=O)[C@H]1O[C@@H](O[C@H]2CC[C@]3(C)[C@H]4CC=C5[C@@H]6C[C@@](C)(COC(C)=O)CC[C@]6(C)CC[C@@]5(C)[C@]4(C)CC[C@H]3C2(C)C)[C@H](O)[C@@H](OC(C)=O)[C@@H]1OC(C)=O. The van der Waals surface area contributed by atoms with E-state index in [2.05, 4.69) is 54.5 Å². The molecule has 0 bridgehead atoms. The Morgan fingerprint density at radius 3 is 2.09 bits per heavy atom. The number of aliphatic hydroxyl groups is 1. The van der Waals surface area contributed by atoms with Crippen molar-refractivity contribution in [2.75, 3.05) is 13.7 Å². The zero-order chi connectivity index (χ0) is 39.8. The summed E-state index contributed by atoms with van der Waals surface area (Å²) in [5.41, 5.74) is 1.76. The van der Waals surface area contributed by atoms with E-state index in [4.69, 9.17) is 28.4 Å². The van der Waals surface area contributed by atoms with E-state index in [9.17, 15) is 24.3 Å². The fraction of sp³-hybridized carbons (Fsp3) is 0.860. The lowest BCUT2D eigenvalue weighted by atomic mass is 9.33. The second-order valence-electron chi connectivity index (χ2n) is 19.9. The number of rotatable bonds is 7. The van der Waals surface area contributed by atoms with Crippen LogP contribution in [-0.2, 0) is 47.6 Å². The molecule has 1 aliphatic heterocycles. The van der Waals surface area contributed by atoms with Crippen molar-refractivity contribution >= 4 is 23.9 Å². The van der Waals surface area contributed by atoms with Crippen molar-refractivity contribution < 1.29 is 52.7 Å². The minimum Gasteiger partial charge on any atom is -0.467 e. The predicted molar refractivity (Wildman–Crippen MR) is 198 cm³/mol. The van der Waals surface area contributed by atoms with Gasteiger partial charge in [0.2, 0.25) is 0 Å². The number of allylic oxidation sites excluding steroid dienone is 2. The summed E-state index contributed by atoms with van der Waals surface area (Å²) in [5.74, 6) is -1.21. The van der Waals surface area contributed by atoms with Crippen LogP contribution >= 0.6 is 0 Å². The van der Waals surface area contributed by atoms with E-state index < -0.39 is 48.6 Å². The van der Waals surface area contributed by atoms with Crippen molar-refractivity contribution in [1.82, 2.24) is 0 Å². The van der Waals surface area contributed by atoms with E-state index in [-0.39, 0.29) is 44.6 Å². The van der Waals surface area contributed by atoms with Crippen LogP contribution in [0.2, 0.25) is 0 Å². The maximum absolute atomic E-state index is 12.9. The Kier molecular flexibility index (Phi) is 10.8. The summed E-state index contributed by atoms with van der Waals surface area (Å²) in [4.78, 5) is 48.9. The normalized spacial score (nSPS) is 46.6. The van der Waals surface area contributed by atoms with Crippen LogP contribution in [0.3, 0.4) is 0 Å². The first kappa shape index (κ1) is 41.1. The van der Waals surface area contributed by atoms with Crippen molar-refractivity contribution in [3.8, 4) is 0 Å². The Morgan fingerprint density at radius 1 is 0.815 bits per heavy atom. The topological polar surface area (TPSA) is 144 Å². The van der Waals surface area contributed by atoms with Gasteiger partial charge in [-0.15, -0.1) is 0 Å². The molecule has 0 aromatic carbocycles. The Bertz CT molecular complexity index is 1540. The summed E-state index contributed by atoms with van der Waals surface area (Å²) in [6.45, 7) is 21.3. The number of carbonyl (C=O) groups is 4. The molecule has 1 saturated heterocycles. The van der Waals surface area contributed by atoms with Gasteiger partial charge in [-0.2, -0.15) is 0 Å². The third-order valence-electron chi connectivity index (χ3n) is 16.3. The highest BCUT2D eigenvalue weighted by atomic mass is 16.7. The smallest absolute Gasteiger partial charge is 0.339 e. The van der Waals surface area contributed by atoms with Crippen molar-refractivity contribution in [2.24, 2.45) is 50.2 Å². The molecule has 5 fully saturated rings. The van der Waals surface area contributed by atoms with E-state index in [0.717, 1.165) is 51.4 Å². The summed E-state index contributed by atoms with van der Waals surface area (Å²) in [6.07, 6.45) is 5.70. The Balaban J connectivity index is 1.26. The maximum Gasteiger partial charge on any atom is 0.339 e. The lowest BCUT2D eigenvalue weighted by Crippen LogP contribution is -2.66. The lowest BCUT2D eigenvalue weighted by Gasteiger charge is -2.71. The first-order valence-electron chi connectivity index (χ1n) is 20.3. The van der Waals surface area contributed by atoms with Crippen molar-refractivity contribution in [1.29, 1.82) is 0 Å². The Morgan fingerprint density at radius 2 is 1.46 bits per heavy atom. The summed E-state index contributed by atoms with van der Waals surface area (Å²) in [5, 5.41) is 11.5. The Labute approximate surface area is 321 Å². The zero-order valence-electron chi connectivity index (χ0n) is 34.6. The molecule has 0 aromatic heterocycles. The first-order chi connectivity index (χ1) is 25.0. The van der Waals surface area contributed by atoms with Gasteiger partial charge in [-0.05, 0) is 109 Å². The quantitative estimate of drug-likeness (QED) is 0.126. The Hall–Kier alpha value is -2.50. The highest BCUT2D eigenvalue weighted by molar-refractivity contribution is 5.77. The number of methoxy groups -OCH3 is 1. The van der Waals surface area contributed by atoms with Crippen LogP contribution in [0.15, 0.2) is 11.6 Å². The van der Waals surface area contributed by atoms with Gasteiger partial charge in [0.15, 0.2) is 24.6 Å². The summed E-state index contributed by atoms with van der Waals surface area (Å²) >= 11 is 0. The molecule has 0 amide bonds. The molecule has 14 atom stereocenters. The molecule has 6 rings (SSSR count). The van der Waals surface area contributed by atoms with E-state index >= 15 is 0 Å². The van der Waals surface area contributed by atoms with Crippen LogP contribution in [0.5, 0.6) is 0 Å². The number of fused-ring (bicyclic) bond motifs is 7. The van der Waals surface area contributed by atoms with E-state index in [1.54, 1.807) is 5.57 Å². The van der Waals surface area contributed by atoms with Crippen LogP contribution in [0.4, 0.5) is 0 Å². The molecule has 4 saturated carbocycles. The van der Waals surface area contributed by atoms with Crippen molar-refractivity contribution in [3.63, 3.8) is 0 Å². The first-order valence-corrected chi connectivity index (χ1v) is 20.3. The number of esters is 4. The molecule has 54 heavy (non-hydrogen) atoms. The molecule has 0 unspecified atom stereocenters. The number of hydrogen-bond donors (Lipinski definition) is 1. The number of carbonyl (C=O) groups excluding carboxylic acids is 4. The van der Waals surface area contributed by atoms with Gasteiger partial charge < -0.3 is 33.5 Å². The van der Waals surface area contributed by atoms with Crippen LogP contribution in [0, 0.1) is 50.2 Å². The van der Waals surface area contributed by atoms with E-state index in [1.165, 1.54) is 40.7 Å². The molecule has 304 valence electrons. The average molecular weight is 759 g/mol. The third kappa shape index (κ3) is 6.63. The fourth-order valence-electron chi connectivity index (χ4n) is 13.1. The monoisotopic (exact) mass is 758 g/mol. The largest absolute Gasteiger partial charge is 0.467 e. The molecule has 1 N–H and O–H groups in total. The van der Waals surface area contributed by atoms with Gasteiger partial charge in [-0.1, -0.05) is 60.1 Å². The van der Waals surface area contributed by atoms with Crippen LogP contribution in [-0.4, -0.2) is 79.5 Å². The van der Waals surface area contributed by atoms with Gasteiger partial charge in [-0.3, -0.25) is 14.4 Å². The summed E-state index contributed by atoms with van der Waals surface area (Å²) < 4.78 is 34.1. The molecule has 5 aliphatic carbocycles. The second-order valence-corrected chi connectivity index (χ2v) is 19.9. The molecule has 11 nitrogen and oxygen atoms in total. The minimum absolute atomic E-state index is 0.0230. The highest BCUT2D eigenvalue weighted by Crippen LogP contribution is 2.76. The lowest BCUT2D eigenvalue weighted by molar-refractivity contribution is -0.326.